The van der Waals surface area contributed by atoms with Gasteiger partial charge in [-0.2, -0.15) is 14.8 Å². The number of sulfonamides is 1. The van der Waals surface area contributed by atoms with E-state index in [1.54, 1.807) is 24.3 Å². The van der Waals surface area contributed by atoms with Crippen LogP contribution in [-0.2, 0) is 16.6 Å². The molecule has 2 N–H and O–H groups in total. The summed E-state index contributed by atoms with van der Waals surface area (Å²) in [7, 11) is -3.96. The summed E-state index contributed by atoms with van der Waals surface area (Å²) in [6.45, 7) is 0.0936. The predicted molar refractivity (Wildman–Crippen MR) is 127 cm³/mol. The summed E-state index contributed by atoms with van der Waals surface area (Å²) in [5.74, 6) is -1.96. The number of hydrogen-bond acceptors (Lipinski definition) is 6. The number of anilines is 1. The second-order valence-electron chi connectivity index (χ2n) is 7.39. The highest BCUT2D eigenvalue weighted by Crippen LogP contribution is 2.22. The molecule has 0 bridgehead atoms. The number of rotatable bonds is 9. The third-order valence-corrected chi connectivity index (χ3v) is 6.92. The van der Waals surface area contributed by atoms with Crippen molar-refractivity contribution in [2.45, 2.75) is 17.9 Å². The van der Waals surface area contributed by atoms with Gasteiger partial charge in [-0.1, -0.05) is 30.3 Å². The molecule has 3 aromatic carbocycles. The van der Waals surface area contributed by atoms with Crippen LogP contribution in [0, 0.1) is 22.7 Å². The number of benzene rings is 3. The topological polar surface area (TPSA) is 151 Å². The third kappa shape index (κ3) is 6.09. The number of nitriles is 2. The van der Waals surface area contributed by atoms with Crippen molar-refractivity contribution in [3.05, 3.63) is 95.1 Å². The van der Waals surface area contributed by atoms with E-state index in [1.807, 2.05) is 18.2 Å². The molecule has 3 aromatic rings. The smallest absolute Gasteiger partial charge is 0.337 e. The molecule has 0 aliphatic heterocycles. The summed E-state index contributed by atoms with van der Waals surface area (Å²) in [4.78, 5) is 24.1. The molecule has 0 fully saturated rings. The number of aromatic carboxylic acids is 1. The van der Waals surface area contributed by atoms with E-state index in [2.05, 4.69) is 5.32 Å². The molecule has 176 valence electrons. The van der Waals surface area contributed by atoms with Crippen LogP contribution in [0.4, 0.5) is 5.69 Å². The summed E-state index contributed by atoms with van der Waals surface area (Å²) in [5.41, 5.74) is 0.763. The standard InChI is InChI=1S/C25H20N4O5S/c26-13-4-14-29(17-18-5-2-1-3-6-18)35(33,34)21-10-8-20(9-11-21)24(30)28-23-12-7-19(16-27)15-22(23)25(31)32/h1-3,5-12,15H,4,14,17H2,(H,28,30)(H,31,32). The zero-order valence-corrected chi connectivity index (χ0v) is 19.2. The lowest BCUT2D eigenvalue weighted by Crippen LogP contribution is -2.31. The largest absolute Gasteiger partial charge is 0.478 e. The van der Waals surface area contributed by atoms with Crippen molar-refractivity contribution in [1.82, 2.24) is 4.31 Å². The van der Waals surface area contributed by atoms with Crippen LogP contribution in [0.15, 0.2) is 77.7 Å². The highest BCUT2D eigenvalue weighted by atomic mass is 32.2. The molecule has 3 rings (SSSR count). The predicted octanol–water partition coefficient (Wildman–Crippen LogP) is 3.61. The van der Waals surface area contributed by atoms with Crippen molar-refractivity contribution in [2.24, 2.45) is 0 Å². The van der Waals surface area contributed by atoms with Gasteiger partial charge in [-0.25, -0.2) is 13.2 Å². The maximum absolute atomic E-state index is 13.2. The second kappa shape index (κ2) is 11.1. The third-order valence-electron chi connectivity index (χ3n) is 5.06. The Labute approximate surface area is 202 Å². The average molecular weight is 489 g/mol. The highest BCUT2D eigenvalue weighted by Gasteiger charge is 2.25. The van der Waals surface area contributed by atoms with E-state index < -0.39 is 21.9 Å². The molecule has 0 saturated heterocycles. The lowest BCUT2D eigenvalue weighted by molar-refractivity contribution is 0.0698. The van der Waals surface area contributed by atoms with Crippen molar-refractivity contribution in [1.29, 1.82) is 10.5 Å². The number of carboxylic acids is 1. The number of nitrogens with one attached hydrogen (secondary N) is 1. The SMILES string of the molecule is N#CCCN(Cc1ccccc1)S(=O)(=O)c1ccc(C(=O)Nc2ccc(C#N)cc2C(=O)O)cc1. The summed E-state index contributed by atoms with van der Waals surface area (Å²) in [5, 5.41) is 29.7. The van der Waals surface area contributed by atoms with E-state index in [0.717, 1.165) is 11.6 Å². The number of carbonyl (C=O) groups excluding carboxylic acids is 1. The zero-order valence-electron chi connectivity index (χ0n) is 18.4. The lowest BCUT2D eigenvalue weighted by Gasteiger charge is -2.21. The van der Waals surface area contributed by atoms with Gasteiger partial charge in [-0.15, -0.1) is 0 Å². The summed E-state index contributed by atoms with van der Waals surface area (Å²) >= 11 is 0. The van der Waals surface area contributed by atoms with Gasteiger partial charge in [0.15, 0.2) is 0 Å². The quantitative estimate of drug-likeness (QED) is 0.467. The van der Waals surface area contributed by atoms with Crippen LogP contribution < -0.4 is 5.32 Å². The molecule has 9 nitrogen and oxygen atoms in total. The highest BCUT2D eigenvalue weighted by molar-refractivity contribution is 7.89. The van der Waals surface area contributed by atoms with Gasteiger partial charge in [0.25, 0.3) is 5.91 Å². The number of carboxylic acid groups (broad SMARTS) is 1. The lowest BCUT2D eigenvalue weighted by atomic mass is 10.1. The molecular weight excluding hydrogens is 468 g/mol. The number of carbonyl (C=O) groups is 2. The molecular formula is C25H20N4O5S. The van der Waals surface area contributed by atoms with E-state index in [0.29, 0.717) is 0 Å². The first-order valence-corrected chi connectivity index (χ1v) is 11.8. The van der Waals surface area contributed by atoms with E-state index >= 15 is 0 Å². The minimum atomic E-state index is -3.96. The van der Waals surface area contributed by atoms with Crippen LogP contribution in [0.5, 0.6) is 0 Å². The Morgan fingerprint density at radius 2 is 1.66 bits per heavy atom. The number of amides is 1. The molecule has 0 heterocycles. The molecule has 0 aliphatic carbocycles. The van der Waals surface area contributed by atoms with Crippen LogP contribution in [-0.4, -0.2) is 36.3 Å². The molecule has 1 amide bonds. The molecule has 0 aromatic heterocycles. The van der Waals surface area contributed by atoms with Gasteiger partial charge in [0.1, 0.15) is 0 Å². The minimum Gasteiger partial charge on any atom is -0.478 e. The maximum Gasteiger partial charge on any atom is 0.337 e. The second-order valence-corrected chi connectivity index (χ2v) is 9.33. The van der Waals surface area contributed by atoms with Gasteiger partial charge in [0, 0.05) is 25.1 Å². The Balaban J connectivity index is 1.83. The van der Waals surface area contributed by atoms with E-state index in [-0.39, 0.29) is 46.8 Å². The van der Waals surface area contributed by atoms with E-state index in [9.17, 15) is 23.1 Å². The summed E-state index contributed by atoms with van der Waals surface area (Å²) in [6.07, 6.45) is 0.0169. The molecule has 0 spiro atoms. The fourth-order valence-electron chi connectivity index (χ4n) is 3.27. The van der Waals surface area contributed by atoms with Gasteiger partial charge in [0.05, 0.1) is 33.8 Å². The van der Waals surface area contributed by atoms with Crippen molar-refractivity contribution in [2.75, 3.05) is 11.9 Å². The first kappa shape index (κ1) is 25.1. The Morgan fingerprint density at radius 1 is 0.971 bits per heavy atom. The molecule has 35 heavy (non-hydrogen) atoms. The van der Waals surface area contributed by atoms with Gasteiger partial charge in [-0.05, 0) is 48.0 Å². The first-order chi connectivity index (χ1) is 16.8. The number of nitrogens with zero attached hydrogens (tertiary/aromatic N) is 3. The Kier molecular flexibility index (Phi) is 7.95. The first-order valence-electron chi connectivity index (χ1n) is 10.4. The molecule has 0 radical (unpaired) electrons. The van der Waals surface area contributed by atoms with Crippen LogP contribution in [0.2, 0.25) is 0 Å². The average Bonchev–Trinajstić information content (AvgIpc) is 2.87. The normalized spacial score (nSPS) is 10.8. The fourth-order valence-corrected chi connectivity index (χ4v) is 4.70. The van der Waals surface area contributed by atoms with Crippen molar-refractivity contribution >= 4 is 27.6 Å². The van der Waals surface area contributed by atoms with E-state index in [1.165, 1.54) is 40.7 Å². The van der Waals surface area contributed by atoms with Crippen LogP contribution in [0.1, 0.15) is 38.3 Å². The maximum atomic E-state index is 13.2. The van der Waals surface area contributed by atoms with Crippen LogP contribution in [0.25, 0.3) is 0 Å². The molecule has 0 atom stereocenters. The Bertz CT molecular complexity index is 1420. The molecule has 0 saturated carbocycles. The minimum absolute atomic E-state index is 0.00346. The Morgan fingerprint density at radius 3 is 2.26 bits per heavy atom. The summed E-state index contributed by atoms with van der Waals surface area (Å²) in [6, 6.07) is 21.8. The van der Waals surface area contributed by atoms with Crippen LogP contribution in [0.3, 0.4) is 0 Å². The number of hydrogen-bond donors (Lipinski definition) is 2. The monoisotopic (exact) mass is 488 g/mol. The van der Waals surface area contributed by atoms with Crippen molar-refractivity contribution in [3.8, 4) is 12.1 Å². The van der Waals surface area contributed by atoms with Gasteiger partial charge >= 0.3 is 5.97 Å². The van der Waals surface area contributed by atoms with Gasteiger partial charge < -0.3 is 10.4 Å². The zero-order chi connectivity index (χ0) is 25.4. The molecule has 0 unspecified atom stereocenters. The van der Waals surface area contributed by atoms with Crippen LogP contribution >= 0.6 is 0 Å². The van der Waals surface area contributed by atoms with Crippen molar-refractivity contribution < 1.29 is 23.1 Å². The summed E-state index contributed by atoms with van der Waals surface area (Å²) < 4.78 is 27.6. The molecule has 0 aliphatic rings. The van der Waals surface area contributed by atoms with Crippen molar-refractivity contribution in [3.63, 3.8) is 0 Å². The van der Waals surface area contributed by atoms with E-state index in [4.69, 9.17) is 10.5 Å². The fraction of sp³-hybridized carbons (Fsp3) is 0.120. The van der Waals surface area contributed by atoms with Gasteiger partial charge in [0.2, 0.25) is 10.0 Å². The Hall–Kier alpha value is -4.51. The van der Waals surface area contributed by atoms with Gasteiger partial charge in [-0.3, -0.25) is 4.79 Å². The molecule has 10 heteroatoms.